The molecular formula is C17H21N3O. The molecular weight excluding hydrogens is 262 g/mol. The highest BCUT2D eigenvalue weighted by atomic mass is 16.2. The molecule has 2 aromatic rings. The van der Waals surface area contributed by atoms with Crippen LogP contribution >= 0.6 is 0 Å². The summed E-state index contributed by atoms with van der Waals surface area (Å²) in [6, 6.07) is 11.4. The predicted octanol–water partition coefficient (Wildman–Crippen LogP) is 2.94. The number of carbonyl (C=O) groups excluding carboxylic acids is 1. The summed E-state index contributed by atoms with van der Waals surface area (Å²) in [7, 11) is 0. The van der Waals surface area contributed by atoms with Crippen LogP contribution in [0.4, 0.5) is 5.69 Å². The smallest absolute Gasteiger partial charge is 0.256 e. The lowest BCUT2D eigenvalue weighted by Gasteiger charge is -2.21. The number of carbonyl (C=O) groups is 1. The fourth-order valence-electron chi connectivity index (χ4n) is 2.26. The molecule has 110 valence electrons. The molecule has 4 nitrogen and oxygen atoms in total. The Kier molecular flexibility index (Phi) is 4.58. The first kappa shape index (κ1) is 15.0. The monoisotopic (exact) mass is 283 g/mol. The van der Waals surface area contributed by atoms with E-state index in [-0.39, 0.29) is 5.91 Å². The fourth-order valence-corrected chi connectivity index (χ4v) is 2.26. The molecule has 0 saturated carbocycles. The molecule has 1 amide bonds. The summed E-state index contributed by atoms with van der Waals surface area (Å²) in [6.07, 6.45) is 0. The molecule has 0 radical (unpaired) electrons. The molecule has 4 heteroatoms. The summed E-state index contributed by atoms with van der Waals surface area (Å²) in [5, 5.41) is 0. The summed E-state index contributed by atoms with van der Waals surface area (Å²) in [5.41, 5.74) is 9.93. The summed E-state index contributed by atoms with van der Waals surface area (Å²) in [4.78, 5) is 18.8. The average molecular weight is 283 g/mol. The van der Waals surface area contributed by atoms with Crippen molar-refractivity contribution in [3.63, 3.8) is 0 Å². The van der Waals surface area contributed by atoms with Crippen LogP contribution in [0.25, 0.3) is 0 Å². The molecule has 0 spiro atoms. The zero-order valence-electron chi connectivity index (χ0n) is 12.8. The number of hydrogen-bond donors (Lipinski definition) is 1. The first-order valence-corrected chi connectivity index (χ1v) is 7.09. The average Bonchev–Trinajstić information content (AvgIpc) is 2.44. The van der Waals surface area contributed by atoms with Crippen molar-refractivity contribution in [1.82, 2.24) is 9.88 Å². The molecule has 0 aliphatic heterocycles. The lowest BCUT2D eigenvalue weighted by molar-refractivity contribution is 0.0751. The van der Waals surface area contributed by atoms with E-state index in [1.807, 2.05) is 51.1 Å². The number of nitrogen functional groups attached to an aromatic ring is 1. The number of pyridine rings is 1. The Morgan fingerprint density at radius 3 is 2.62 bits per heavy atom. The van der Waals surface area contributed by atoms with Crippen LogP contribution in [-0.2, 0) is 6.54 Å². The standard InChI is InChI=1S/C17H21N3O/c1-4-20(11-14-7-5-6-13(3)19-14)17(21)15-9-8-12(2)10-16(15)18/h5-10H,4,11,18H2,1-3H3. The largest absolute Gasteiger partial charge is 0.398 e. The van der Waals surface area contributed by atoms with Gasteiger partial charge in [-0.25, -0.2) is 0 Å². The van der Waals surface area contributed by atoms with Crippen molar-refractivity contribution in [1.29, 1.82) is 0 Å². The van der Waals surface area contributed by atoms with Crippen LogP contribution in [0.1, 0.15) is 34.2 Å². The van der Waals surface area contributed by atoms with Crippen LogP contribution in [0.2, 0.25) is 0 Å². The van der Waals surface area contributed by atoms with Gasteiger partial charge in [0.1, 0.15) is 0 Å². The number of amides is 1. The summed E-state index contributed by atoms with van der Waals surface area (Å²) >= 11 is 0. The van der Waals surface area contributed by atoms with Gasteiger partial charge in [-0.1, -0.05) is 12.1 Å². The first-order valence-electron chi connectivity index (χ1n) is 7.09. The highest BCUT2D eigenvalue weighted by Crippen LogP contribution is 2.17. The number of anilines is 1. The first-order chi connectivity index (χ1) is 10.0. The van der Waals surface area contributed by atoms with Crippen LogP contribution in [0, 0.1) is 13.8 Å². The number of nitrogens with two attached hydrogens (primary N) is 1. The van der Waals surface area contributed by atoms with Gasteiger partial charge in [0.05, 0.1) is 17.8 Å². The topological polar surface area (TPSA) is 59.2 Å². The Balaban J connectivity index is 2.22. The molecule has 1 aromatic heterocycles. The molecule has 0 bridgehead atoms. The third-order valence-electron chi connectivity index (χ3n) is 3.41. The van der Waals surface area contributed by atoms with Crippen LogP contribution in [-0.4, -0.2) is 22.3 Å². The highest BCUT2D eigenvalue weighted by Gasteiger charge is 2.17. The van der Waals surface area contributed by atoms with Gasteiger partial charge in [-0.15, -0.1) is 0 Å². The van der Waals surface area contributed by atoms with E-state index in [2.05, 4.69) is 4.98 Å². The minimum Gasteiger partial charge on any atom is -0.398 e. The quantitative estimate of drug-likeness (QED) is 0.878. The minimum atomic E-state index is -0.0571. The van der Waals surface area contributed by atoms with Gasteiger partial charge in [-0.3, -0.25) is 9.78 Å². The number of nitrogens with zero attached hydrogens (tertiary/aromatic N) is 2. The van der Waals surface area contributed by atoms with Crippen molar-refractivity contribution in [3.05, 3.63) is 58.9 Å². The van der Waals surface area contributed by atoms with E-state index in [1.54, 1.807) is 11.0 Å². The van der Waals surface area contributed by atoms with Gasteiger partial charge in [0, 0.05) is 17.9 Å². The molecule has 0 aliphatic carbocycles. The summed E-state index contributed by atoms with van der Waals surface area (Å²) in [5.74, 6) is -0.0571. The zero-order chi connectivity index (χ0) is 15.4. The summed E-state index contributed by atoms with van der Waals surface area (Å²) < 4.78 is 0. The SMILES string of the molecule is CCN(Cc1cccc(C)n1)C(=O)c1ccc(C)cc1N. The Bertz CT molecular complexity index is 652. The molecule has 0 saturated heterocycles. The predicted molar refractivity (Wildman–Crippen MR) is 85.0 cm³/mol. The molecule has 0 fully saturated rings. The van der Waals surface area contributed by atoms with Crippen LogP contribution in [0.15, 0.2) is 36.4 Å². The number of aromatic nitrogens is 1. The van der Waals surface area contributed by atoms with Gasteiger partial charge < -0.3 is 10.6 Å². The Hall–Kier alpha value is -2.36. The second-order valence-electron chi connectivity index (χ2n) is 5.18. The van der Waals surface area contributed by atoms with E-state index in [9.17, 15) is 4.79 Å². The normalized spacial score (nSPS) is 10.4. The lowest BCUT2D eigenvalue weighted by Crippen LogP contribution is -2.31. The van der Waals surface area contributed by atoms with Crippen molar-refractivity contribution in [2.45, 2.75) is 27.3 Å². The van der Waals surface area contributed by atoms with E-state index in [1.165, 1.54) is 0 Å². The fraction of sp³-hybridized carbons (Fsp3) is 0.294. The number of hydrogen-bond acceptors (Lipinski definition) is 3. The third-order valence-corrected chi connectivity index (χ3v) is 3.41. The molecule has 0 atom stereocenters. The van der Waals surface area contributed by atoms with Gasteiger partial charge in [-0.05, 0) is 50.6 Å². The third kappa shape index (κ3) is 3.60. The Morgan fingerprint density at radius 1 is 1.24 bits per heavy atom. The van der Waals surface area contributed by atoms with E-state index in [0.717, 1.165) is 17.0 Å². The van der Waals surface area contributed by atoms with Crippen LogP contribution in [0.5, 0.6) is 0 Å². The van der Waals surface area contributed by atoms with Gasteiger partial charge in [0.25, 0.3) is 5.91 Å². The maximum atomic E-state index is 12.6. The zero-order valence-corrected chi connectivity index (χ0v) is 12.8. The number of benzene rings is 1. The summed E-state index contributed by atoms with van der Waals surface area (Å²) in [6.45, 7) is 6.96. The molecule has 1 aromatic carbocycles. The molecule has 2 rings (SSSR count). The van der Waals surface area contributed by atoms with Crippen molar-refractivity contribution < 1.29 is 4.79 Å². The van der Waals surface area contributed by atoms with E-state index < -0.39 is 0 Å². The maximum Gasteiger partial charge on any atom is 0.256 e. The van der Waals surface area contributed by atoms with Gasteiger partial charge in [0.15, 0.2) is 0 Å². The second kappa shape index (κ2) is 6.39. The van der Waals surface area contributed by atoms with Crippen LogP contribution < -0.4 is 5.73 Å². The van der Waals surface area contributed by atoms with Gasteiger partial charge >= 0.3 is 0 Å². The number of rotatable bonds is 4. The van der Waals surface area contributed by atoms with E-state index in [0.29, 0.717) is 24.3 Å². The van der Waals surface area contributed by atoms with Crippen molar-refractivity contribution in [2.24, 2.45) is 0 Å². The van der Waals surface area contributed by atoms with Gasteiger partial charge in [-0.2, -0.15) is 0 Å². The molecule has 1 heterocycles. The Morgan fingerprint density at radius 2 is 2.00 bits per heavy atom. The van der Waals surface area contributed by atoms with E-state index in [4.69, 9.17) is 5.73 Å². The van der Waals surface area contributed by atoms with Crippen molar-refractivity contribution in [2.75, 3.05) is 12.3 Å². The minimum absolute atomic E-state index is 0.0571. The maximum absolute atomic E-state index is 12.6. The lowest BCUT2D eigenvalue weighted by atomic mass is 10.1. The molecule has 0 unspecified atom stereocenters. The second-order valence-corrected chi connectivity index (χ2v) is 5.18. The van der Waals surface area contributed by atoms with Crippen LogP contribution in [0.3, 0.4) is 0 Å². The van der Waals surface area contributed by atoms with Gasteiger partial charge in [0.2, 0.25) is 0 Å². The number of aryl methyl sites for hydroxylation is 2. The van der Waals surface area contributed by atoms with Crippen molar-refractivity contribution >= 4 is 11.6 Å². The molecule has 21 heavy (non-hydrogen) atoms. The highest BCUT2D eigenvalue weighted by molar-refractivity contribution is 5.99. The van der Waals surface area contributed by atoms with Crippen molar-refractivity contribution in [3.8, 4) is 0 Å². The molecule has 0 aliphatic rings. The molecule has 2 N–H and O–H groups in total. The van der Waals surface area contributed by atoms with E-state index >= 15 is 0 Å². The Labute approximate surface area is 125 Å².